The summed E-state index contributed by atoms with van der Waals surface area (Å²) in [4.78, 5) is 14.7. The number of nitrogens with one attached hydrogen (secondary N) is 2. The summed E-state index contributed by atoms with van der Waals surface area (Å²) >= 11 is 1.13. The van der Waals surface area contributed by atoms with E-state index in [4.69, 9.17) is 0 Å². The topological polar surface area (TPSA) is 90.9 Å². The van der Waals surface area contributed by atoms with E-state index in [0.29, 0.717) is 11.3 Å². The van der Waals surface area contributed by atoms with Gasteiger partial charge in [0.15, 0.2) is 0 Å². The minimum Gasteiger partial charge on any atom is -0.367 e. The summed E-state index contributed by atoms with van der Waals surface area (Å²) in [6.07, 6.45) is 1.58. The molecule has 0 saturated heterocycles. The summed E-state index contributed by atoms with van der Waals surface area (Å²) in [5.41, 5.74) is 6.45. The average molecular weight is 519 g/mol. The summed E-state index contributed by atoms with van der Waals surface area (Å²) in [5, 5.41) is 5.74. The van der Waals surface area contributed by atoms with Gasteiger partial charge in [0.2, 0.25) is 0 Å². The Kier molecular flexibility index (Phi) is 8.14. The number of rotatable bonds is 10. The van der Waals surface area contributed by atoms with Gasteiger partial charge in [-0.05, 0) is 65.9 Å². The van der Waals surface area contributed by atoms with Crippen LogP contribution < -0.4 is 15.0 Å². The maximum absolute atomic E-state index is 12.4. The van der Waals surface area contributed by atoms with Crippen LogP contribution in [0.5, 0.6) is 0 Å². The Hall–Kier alpha value is -3.95. The minimum atomic E-state index is -3.63. The van der Waals surface area contributed by atoms with Crippen molar-refractivity contribution in [1.29, 1.82) is 0 Å². The fourth-order valence-electron chi connectivity index (χ4n) is 3.50. The molecular weight excluding hydrogens is 492 g/mol. The minimum absolute atomic E-state index is 0.227. The van der Waals surface area contributed by atoms with Gasteiger partial charge in [-0.25, -0.2) is 13.8 Å². The number of amides is 1. The van der Waals surface area contributed by atoms with E-state index >= 15 is 0 Å². The van der Waals surface area contributed by atoms with Crippen molar-refractivity contribution in [3.05, 3.63) is 113 Å². The zero-order valence-electron chi connectivity index (χ0n) is 19.7. The fourth-order valence-corrected chi connectivity index (χ4v) is 5.55. The van der Waals surface area contributed by atoms with Crippen LogP contribution in [-0.2, 0) is 16.6 Å². The van der Waals surface area contributed by atoms with Crippen molar-refractivity contribution >= 4 is 44.9 Å². The predicted molar refractivity (Wildman–Crippen MR) is 146 cm³/mol. The van der Waals surface area contributed by atoms with Crippen LogP contribution in [0.4, 0.5) is 11.4 Å². The number of nitrogens with zero attached hydrogens (tertiary/aromatic N) is 2. The standard InChI is InChI=1S/C27H26N4O3S2/c1-2-31(20-22-7-4-3-5-8-22)25-16-10-21(11-17-25)19-28-29-27(32)23-12-14-24(15-13-23)30-36(33,34)26-9-6-18-35-26/h3-19,30H,2,20H2,1H3,(H,29,32)/b28-19-. The van der Waals surface area contributed by atoms with Gasteiger partial charge in [0.1, 0.15) is 4.21 Å². The Labute approximate surface area is 215 Å². The van der Waals surface area contributed by atoms with Crippen LogP contribution >= 0.6 is 11.3 Å². The van der Waals surface area contributed by atoms with Crippen LogP contribution in [0, 0.1) is 0 Å². The second kappa shape index (κ2) is 11.7. The summed E-state index contributed by atoms with van der Waals surface area (Å²) in [6, 6.07) is 27.7. The molecule has 4 aromatic rings. The molecule has 1 heterocycles. The molecule has 184 valence electrons. The second-order valence-corrected chi connectivity index (χ2v) is 10.8. The maximum atomic E-state index is 12.4. The van der Waals surface area contributed by atoms with Gasteiger partial charge in [0, 0.05) is 30.0 Å². The number of thiophene rings is 1. The van der Waals surface area contributed by atoms with Crippen molar-refractivity contribution in [3.8, 4) is 0 Å². The lowest BCUT2D eigenvalue weighted by atomic mass is 10.1. The van der Waals surface area contributed by atoms with Crippen molar-refractivity contribution in [2.24, 2.45) is 5.10 Å². The molecule has 4 rings (SSSR count). The molecule has 0 aliphatic rings. The van der Waals surface area contributed by atoms with E-state index in [1.165, 1.54) is 35.9 Å². The van der Waals surface area contributed by atoms with Crippen molar-refractivity contribution < 1.29 is 13.2 Å². The van der Waals surface area contributed by atoms with Gasteiger partial charge in [-0.2, -0.15) is 5.10 Å². The molecule has 0 aliphatic carbocycles. The normalized spacial score (nSPS) is 11.4. The number of sulfonamides is 1. The molecule has 1 amide bonds. The smallest absolute Gasteiger partial charge is 0.271 e. The first-order valence-electron chi connectivity index (χ1n) is 11.3. The Bertz CT molecular complexity index is 1400. The number of carbonyl (C=O) groups excluding carboxylic acids is 1. The molecule has 1 aromatic heterocycles. The predicted octanol–water partition coefficient (Wildman–Crippen LogP) is 5.34. The van der Waals surface area contributed by atoms with Crippen LogP contribution in [-0.4, -0.2) is 27.1 Å². The monoisotopic (exact) mass is 518 g/mol. The van der Waals surface area contributed by atoms with E-state index in [0.717, 1.165) is 35.7 Å². The van der Waals surface area contributed by atoms with Crippen molar-refractivity contribution in [1.82, 2.24) is 5.43 Å². The summed E-state index contributed by atoms with van der Waals surface area (Å²) in [6.45, 7) is 3.83. The highest BCUT2D eigenvalue weighted by molar-refractivity contribution is 7.94. The lowest BCUT2D eigenvalue weighted by molar-refractivity contribution is 0.0955. The van der Waals surface area contributed by atoms with E-state index in [1.807, 2.05) is 42.5 Å². The van der Waals surface area contributed by atoms with E-state index in [1.54, 1.807) is 17.7 Å². The van der Waals surface area contributed by atoms with Crippen LogP contribution in [0.1, 0.15) is 28.4 Å². The molecule has 9 heteroatoms. The Morgan fingerprint density at radius 2 is 1.67 bits per heavy atom. The SMILES string of the molecule is CCN(Cc1ccccc1)c1ccc(/C=N\NC(=O)c2ccc(NS(=O)(=O)c3cccs3)cc2)cc1. The van der Waals surface area contributed by atoms with E-state index in [9.17, 15) is 13.2 Å². The summed E-state index contributed by atoms with van der Waals surface area (Å²) in [5.74, 6) is -0.393. The van der Waals surface area contributed by atoms with Gasteiger partial charge in [0.25, 0.3) is 15.9 Å². The van der Waals surface area contributed by atoms with Crippen molar-refractivity contribution in [3.63, 3.8) is 0 Å². The maximum Gasteiger partial charge on any atom is 0.271 e. The molecule has 0 aliphatic heterocycles. The quantitative estimate of drug-likeness (QED) is 0.219. The molecule has 7 nitrogen and oxygen atoms in total. The highest BCUT2D eigenvalue weighted by Crippen LogP contribution is 2.21. The Balaban J connectivity index is 1.31. The molecule has 0 radical (unpaired) electrons. The molecule has 0 spiro atoms. The highest BCUT2D eigenvalue weighted by atomic mass is 32.2. The van der Waals surface area contributed by atoms with Gasteiger partial charge < -0.3 is 4.90 Å². The van der Waals surface area contributed by atoms with E-state index in [-0.39, 0.29) is 4.21 Å². The van der Waals surface area contributed by atoms with Crippen molar-refractivity contribution in [2.45, 2.75) is 17.7 Å². The third-order valence-corrected chi connectivity index (χ3v) is 8.17. The highest BCUT2D eigenvalue weighted by Gasteiger charge is 2.15. The average Bonchev–Trinajstić information content (AvgIpc) is 3.45. The van der Waals surface area contributed by atoms with Crippen LogP contribution in [0.3, 0.4) is 0 Å². The van der Waals surface area contributed by atoms with Gasteiger partial charge >= 0.3 is 0 Å². The van der Waals surface area contributed by atoms with Crippen LogP contribution in [0.25, 0.3) is 0 Å². The number of hydrazone groups is 1. The number of carbonyl (C=O) groups is 1. The molecule has 0 atom stereocenters. The van der Waals surface area contributed by atoms with E-state index in [2.05, 4.69) is 39.2 Å². The first-order valence-corrected chi connectivity index (χ1v) is 13.7. The first kappa shape index (κ1) is 25.2. The molecule has 0 bridgehead atoms. The van der Waals surface area contributed by atoms with Crippen LogP contribution in [0.2, 0.25) is 0 Å². The lowest BCUT2D eigenvalue weighted by Crippen LogP contribution is -2.21. The molecule has 2 N–H and O–H groups in total. The third-order valence-electron chi connectivity index (χ3n) is 5.40. The Morgan fingerprint density at radius 3 is 2.31 bits per heavy atom. The number of hydrogen-bond acceptors (Lipinski definition) is 6. The second-order valence-electron chi connectivity index (χ2n) is 7.91. The number of benzene rings is 3. The largest absolute Gasteiger partial charge is 0.367 e. The zero-order chi connectivity index (χ0) is 25.4. The summed E-state index contributed by atoms with van der Waals surface area (Å²) in [7, 11) is -3.63. The van der Waals surface area contributed by atoms with Gasteiger partial charge in [0.05, 0.1) is 6.21 Å². The molecule has 0 fully saturated rings. The van der Waals surface area contributed by atoms with E-state index < -0.39 is 15.9 Å². The molecular formula is C27H26N4O3S2. The molecule has 36 heavy (non-hydrogen) atoms. The number of anilines is 2. The van der Waals surface area contributed by atoms with Crippen molar-refractivity contribution in [2.75, 3.05) is 16.2 Å². The summed E-state index contributed by atoms with van der Waals surface area (Å²) < 4.78 is 27.4. The van der Waals surface area contributed by atoms with Gasteiger partial charge in [-0.1, -0.05) is 48.5 Å². The zero-order valence-corrected chi connectivity index (χ0v) is 21.3. The molecule has 0 unspecified atom stereocenters. The molecule has 3 aromatic carbocycles. The Morgan fingerprint density at radius 1 is 0.944 bits per heavy atom. The first-order chi connectivity index (χ1) is 17.4. The fraction of sp³-hybridized carbons (Fsp3) is 0.111. The van der Waals surface area contributed by atoms with Gasteiger partial charge in [-0.3, -0.25) is 9.52 Å². The molecule has 0 saturated carbocycles. The van der Waals surface area contributed by atoms with Gasteiger partial charge in [-0.15, -0.1) is 11.3 Å². The van der Waals surface area contributed by atoms with Crippen LogP contribution in [0.15, 0.2) is 106 Å². The third kappa shape index (κ3) is 6.59. The lowest BCUT2D eigenvalue weighted by Gasteiger charge is -2.23. The number of hydrogen-bond donors (Lipinski definition) is 2.